The normalized spacial score (nSPS) is 18.2. The highest BCUT2D eigenvalue weighted by Crippen LogP contribution is 2.32. The highest BCUT2D eigenvalue weighted by Gasteiger charge is 2.30. The average molecular weight is 324 g/mol. The third kappa shape index (κ3) is 2.48. The first-order valence-corrected chi connectivity index (χ1v) is 8.29. The number of fused-ring (bicyclic) bond motifs is 1. The topological polar surface area (TPSA) is 64.2 Å². The number of aryl methyl sites for hydroxylation is 2. The highest BCUT2D eigenvalue weighted by atomic mass is 16.3. The molecule has 2 aromatic heterocycles. The molecule has 1 aliphatic rings. The number of hydrogen-bond donors (Lipinski definition) is 0. The van der Waals surface area contributed by atoms with E-state index in [4.69, 9.17) is 4.42 Å². The third-order valence-corrected chi connectivity index (χ3v) is 4.71. The molecular weight excluding hydrogens is 304 g/mol. The molecule has 4 rings (SSSR count). The Labute approximate surface area is 140 Å². The zero-order chi connectivity index (χ0) is 16.7. The highest BCUT2D eigenvalue weighted by molar-refractivity contribution is 5.97. The Kier molecular flexibility index (Phi) is 3.59. The van der Waals surface area contributed by atoms with Crippen molar-refractivity contribution >= 4 is 17.0 Å². The summed E-state index contributed by atoms with van der Waals surface area (Å²) < 4.78 is 7.43. The van der Waals surface area contributed by atoms with E-state index in [1.165, 1.54) is 0 Å². The number of rotatable bonds is 2. The number of piperidine rings is 1. The second kappa shape index (κ2) is 5.78. The van der Waals surface area contributed by atoms with Crippen molar-refractivity contribution in [3.8, 4) is 0 Å². The molecule has 0 unspecified atom stereocenters. The Morgan fingerprint density at radius 3 is 2.96 bits per heavy atom. The van der Waals surface area contributed by atoms with Crippen LogP contribution in [0.25, 0.3) is 11.1 Å². The van der Waals surface area contributed by atoms with Crippen molar-refractivity contribution < 1.29 is 9.21 Å². The first kappa shape index (κ1) is 14.9. The lowest BCUT2D eigenvalue weighted by molar-refractivity contribution is 0.0601. The van der Waals surface area contributed by atoms with Gasteiger partial charge in [-0.05, 0) is 43.5 Å². The second-order valence-electron chi connectivity index (χ2n) is 6.31. The van der Waals surface area contributed by atoms with Gasteiger partial charge in [0.05, 0.1) is 11.7 Å². The molecule has 6 nitrogen and oxygen atoms in total. The molecular formula is C18H20N4O2. The fraction of sp³-hybridized carbons (Fsp3) is 0.389. The number of oxazole rings is 1. The summed E-state index contributed by atoms with van der Waals surface area (Å²) in [5.74, 6) is 0.650. The van der Waals surface area contributed by atoms with Crippen molar-refractivity contribution in [1.82, 2.24) is 19.7 Å². The van der Waals surface area contributed by atoms with E-state index in [2.05, 4.69) is 10.1 Å². The lowest BCUT2D eigenvalue weighted by Gasteiger charge is -2.35. The van der Waals surface area contributed by atoms with Gasteiger partial charge in [-0.15, -0.1) is 0 Å². The van der Waals surface area contributed by atoms with Crippen molar-refractivity contribution in [1.29, 1.82) is 0 Å². The largest absolute Gasteiger partial charge is 0.441 e. The van der Waals surface area contributed by atoms with Crippen molar-refractivity contribution in [2.24, 2.45) is 7.05 Å². The number of likely N-dealkylation sites (tertiary alicyclic amines) is 1. The van der Waals surface area contributed by atoms with E-state index in [0.717, 1.165) is 37.0 Å². The summed E-state index contributed by atoms with van der Waals surface area (Å²) in [6.07, 6.45) is 4.91. The van der Waals surface area contributed by atoms with Crippen LogP contribution in [0.1, 0.15) is 47.2 Å². The van der Waals surface area contributed by atoms with Gasteiger partial charge in [0, 0.05) is 32.3 Å². The molecule has 1 saturated heterocycles. The standard InChI is InChI=1S/C18H20N4O2/c1-12-20-14-7-6-13(11-17(14)24-12)18(23)22-10-4-3-5-16(22)15-8-9-19-21(15)2/h6-9,11,16H,3-5,10H2,1-2H3/t16-/m0/s1. The van der Waals surface area contributed by atoms with Crippen LogP contribution in [0.4, 0.5) is 0 Å². The zero-order valence-electron chi connectivity index (χ0n) is 13.9. The first-order valence-electron chi connectivity index (χ1n) is 8.29. The molecule has 1 aromatic carbocycles. The molecule has 0 N–H and O–H groups in total. The van der Waals surface area contributed by atoms with E-state index in [-0.39, 0.29) is 11.9 Å². The molecule has 0 saturated carbocycles. The molecule has 1 fully saturated rings. The number of benzene rings is 1. The van der Waals surface area contributed by atoms with Gasteiger partial charge in [0.1, 0.15) is 5.52 Å². The minimum absolute atomic E-state index is 0.0388. The maximum Gasteiger partial charge on any atom is 0.254 e. The van der Waals surface area contributed by atoms with Crippen LogP contribution in [0, 0.1) is 6.92 Å². The van der Waals surface area contributed by atoms with Crippen LogP contribution in [0.2, 0.25) is 0 Å². The van der Waals surface area contributed by atoms with E-state index in [9.17, 15) is 4.79 Å². The van der Waals surface area contributed by atoms with Crippen LogP contribution in [-0.4, -0.2) is 32.1 Å². The lowest BCUT2D eigenvalue weighted by atomic mass is 9.98. The Morgan fingerprint density at radius 1 is 1.29 bits per heavy atom. The molecule has 124 valence electrons. The van der Waals surface area contributed by atoms with Crippen LogP contribution < -0.4 is 0 Å². The molecule has 1 aliphatic heterocycles. The first-order chi connectivity index (χ1) is 11.6. The van der Waals surface area contributed by atoms with Crippen LogP contribution in [0.15, 0.2) is 34.9 Å². The van der Waals surface area contributed by atoms with Gasteiger partial charge >= 0.3 is 0 Å². The molecule has 0 bridgehead atoms. The van der Waals surface area contributed by atoms with Crippen LogP contribution in [-0.2, 0) is 7.05 Å². The molecule has 6 heteroatoms. The number of hydrogen-bond acceptors (Lipinski definition) is 4. The van der Waals surface area contributed by atoms with Crippen molar-refractivity contribution in [2.75, 3.05) is 6.54 Å². The number of carbonyl (C=O) groups excluding carboxylic acids is 1. The van der Waals surface area contributed by atoms with E-state index < -0.39 is 0 Å². The van der Waals surface area contributed by atoms with Gasteiger partial charge in [-0.25, -0.2) is 4.98 Å². The van der Waals surface area contributed by atoms with Crippen LogP contribution in [0.3, 0.4) is 0 Å². The molecule has 0 spiro atoms. The van der Waals surface area contributed by atoms with E-state index in [1.807, 2.05) is 41.8 Å². The van der Waals surface area contributed by atoms with Crippen molar-refractivity contribution in [2.45, 2.75) is 32.2 Å². The summed E-state index contributed by atoms with van der Waals surface area (Å²) in [5, 5.41) is 4.26. The third-order valence-electron chi connectivity index (χ3n) is 4.71. The minimum atomic E-state index is 0.0388. The SMILES string of the molecule is Cc1nc2ccc(C(=O)N3CCCC[C@H]3c3ccnn3C)cc2o1. The van der Waals surface area contributed by atoms with Crippen LogP contribution in [0.5, 0.6) is 0 Å². The summed E-state index contributed by atoms with van der Waals surface area (Å²) in [6, 6.07) is 7.56. The van der Waals surface area contributed by atoms with E-state index >= 15 is 0 Å². The van der Waals surface area contributed by atoms with Gasteiger partial charge in [-0.1, -0.05) is 0 Å². The smallest absolute Gasteiger partial charge is 0.254 e. The van der Waals surface area contributed by atoms with E-state index in [1.54, 1.807) is 12.3 Å². The molecule has 24 heavy (non-hydrogen) atoms. The van der Waals surface area contributed by atoms with E-state index in [0.29, 0.717) is 17.0 Å². The number of carbonyl (C=O) groups is 1. The Hall–Kier alpha value is -2.63. The van der Waals surface area contributed by atoms with Gasteiger partial charge in [0.2, 0.25) is 0 Å². The molecule has 1 atom stereocenters. The summed E-state index contributed by atoms with van der Waals surface area (Å²) in [5.41, 5.74) is 3.17. The number of aromatic nitrogens is 3. The van der Waals surface area contributed by atoms with Gasteiger partial charge in [0.25, 0.3) is 5.91 Å². The Morgan fingerprint density at radius 2 is 2.17 bits per heavy atom. The molecule has 3 aromatic rings. The van der Waals surface area contributed by atoms with Gasteiger partial charge < -0.3 is 9.32 Å². The summed E-state index contributed by atoms with van der Waals surface area (Å²) in [4.78, 5) is 19.4. The quantitative estimate of drug-likeness (QED) is 0.726. The number of nitrogens with zero attached hydrogens (tertiary/aromatic N) is 4. The molecule has 3 heterocycles. The van der Waals surface area contributed by atoms with Gasteiger partial charge in [-0.3, -0.25) is 9.48 Å². The van der Waals surface area contributed by atoms with Crippen molar-refractivity contribution in [3.63, 3.8) is 0 Å². The predicted octanol–water partition coefficient (Wildman–Crippen LogP) is 3.24. The van der Waals surface area contributed by atoms with Crippen LogP contribution >= 0.6 is 0 Å². The summed E-state index contributed by atoms with van der Waals surface area (Å²) in [6.45, 7) is 2.58. The molecule has 0 aliphatic carbocycles. The van der Waals surface area contributed by atoms with Gasteiger partial charge in [-0.2, -0.15) is 5.10 Å². The zero-order valence-corrected chi connectivity index (χ0v) is 13.9. The molecule has 1 amide bonds. The summed E-state index contributed by atoms with van der Waals surface area (Å²) in [7, 11) is 1.93. The second-order valence-corrected chi connectivity index (χ2v) is 6.31. The lowest BCUT2D eigenvalue weighted by Crippen LogP contribution is -2.39. The van der Waals surface area contributed by atoms with Gasteiger partial charge in [0.15, 0.2) is 11.5 Å². The maximum absolute atomic E-state index is 13.1. The summed E-state index contributed by atoms with van der Waals surface area (Å²) >= 11 is 0. The fourth-order valence-corrected chi connectivity index (χ4v) is 3.53. The minimum Gasteiger partial charge on any atom is -0.441 e. The fourth-order valence-electron chi connectivity index (χ4n) is 3.53. The number of amides is 1. The maximum atomic E-state index is 13.1. The Balaban J connectivity index is 1.68. The molecule has 0 radical (unpaired) electrons. The monoisotopic (exact) mass is 324 g/mol. The predicted molar refractivity (Wildman–Crippen MR) is 89.6 cm³/mol. The van der Waals surface area contributed by atoms with Crippen molar-refractivity contribution in [3.05, 3.63) is 47.6 Å². The Bertz CT molecular complexity index is 895. The average Bonchev–Trinajstić information content (AvgIpc) is 3.17.